The third-order valence-electron chi connectivity index (χ3n) is 3.10. The van der Waals surface area contributed by atoms with Gasteiger partial charge in [-0.1, -0.05) is 29.3 Å². The third kappa shape index (κ3) is 1.78. The molecule has 0 saturated carbocycles. The van der Waals surface area contributed by atoms with Crippen LogP contribution in [0.15, 0.2) is 18.2 Å². The molecule has 3 atom stereocenters. The molecule has 3 unspecified atom stereocenters. The molecule has 3 rings (SSSR count). The van der Waals surface area contributed by atoms with Crippen LogP contribution in [0.3, 0.4) is 0 Å². The highest BCUT2D eigenvalue weighted by atomic mass is 35.5. The number of fused-ring (bicyclic) bond motifs is 2. The quantitative estimate of drug-likeness (QED) is 0.829. The minimum Gasteiger partial charge on any atom is -0.311 e. The lowest BCUT2D eigenvalue weighted by molar-refractivity contribution is 0.600. The maximum atomic E-state index is 6.03. The zero-order chi connectivity index (χ0) is 10.4. The van der Waals surface area contributed by atoms with Gasteiger partial charge >= 0.3 is 0 Å². The first kappa shape index (κ1) is 10.3. The van der Waals surface area contributed by atoms with Gasteiger partial charge in [0.25, 0.3) is 0 Å². The van der Waals surface area contributed by atoms with Crippen LogP contribution in [0.5, 0.6) is 0 Å². The molecule has 0 aromatic heterocycles. The fourth-order valence-electron chi connectivity index (χ4n) is 2.37. The van der Waals surface area contributed by atoms with Crippen molar-refractivity contribution in [1.82, 2.24) is 5.32 Å². The maximum Gasteiger partial charge on any atom is 0.0595 e. The minimum atomic E-state index is 0.554. The van der Waals surface area contributed by atoms with Crippen LogP contribution in [0, 0.1) is 0 Å². The Morgan fingerprint density at radius 3 is 2.73 bits per heavy atom. The average Bonchev–Trinajstić information content (AvgIpc) is 2.83. The highest BCUT2D eigenvalue weighted by Gasteiger charge is 2.40. The van der Waals surface area contributed by atoms with Crippen LogP contribution in [-0.4, -0.2) is 17.8 Å². The molecule has 1 N–H and O–H groups in total. The number of halogens is 2. The number of thioether (sulfide) groups is 1. The molecule has 2 heterocycles. The van der Waals surface area contributed by atoms with Crippen LogP contribution in [0.4, 0.5) is 0 Å². The summed E-state index contributed by atoms with van der Waals surface area (Å²) < 4.78 is 0. The van der Waals surface area contributed by atoms with E-state index < -0.39 is 0 Å². The Bertz CT molecular complexity index is 396. The summed E-state index contributed by atoms with van der Waals surface area (Å²) in [6.45, 7) is 1.16. The fraction of sp³-hybridized carbons (Fsp3) is 0.455. The van der Waals surface area contributed by atoms with Gasteiger partial charge in [-0.2, -0.15) is 0 Å². The monoisotopic (exact) mass is 259 g/mol. The van der Waals surface area contributed by atoms with Crippen LogP contribution in [0.25, 0.3) is 0 Å². The Labute approximate surface area is 104 Å². The van der Waals surface area contributed by atoms with Crippen molar-refractivity contribution >= 4 is 35.0 Å². The topological polar surface area (TPSA) is 12.0 Å². The van der Waals surface area contributed by atoms with Crippen LogP contribution >= 0.6 is 35.0 Å². The molecule has 0 amide bonds. The molecule has 15 heavy (non-hydrogen) atoms. The number of hydrogen-bond donors (Lipinski definition) is 1. The standard InChI is InChI=1S/C11H11Cl2NS/c12-8-2-1-6(3-9(8)13)11-10-4-7(15-11)5-14-10/h1-3,7,10-11,14H,4-5H2. The first-order chi connectivity index (χ1) is 7.24. The first-order valence-corrected chi connectivity index (χ1v) is 6.78. The summed E-state index contributed by atoms with van der Waals surface area (Å²) >= 11 is 14.0. The average molecular weight is 260 g/mol. The van der Waals surface area contributed by atoms with Crippen molar-refractivity contribution in [3.8, 4) is 0 Å². The Morgan fingerprint density at radius 1 is 1.27 bits per heavy atom. The largest absolute Gasteiger partial charge is 0.311 e. The number of hydrogen-bond acceptors (Lipinski definition) is 2. The molecular weight excluding hydrogens is 249 g/mol. The molecule has 2 aliphatic rings. The third-order valence-corrected chi connectivity index (χ3v) is 5.48. The molecule has 2 fully saturated rings. The van der Waals surface area contributed by atoms with E-state index in [1.165, 1.54) is 12.0 Å². The molecule has 0 radical (unpaired) electrons. The molecule has 4 heteroatoms. The Balaban J connectivity index is 1.90. The van der Waals surface area contributed by atoms with Crippen LogP contribution in [-0.2, 0) is 0 Å². The first-order valence-electron chi connectivity index (χ1n) is 5.08. The lowest BCUT2D eigenvalue weighted by Crippen LogP contribution is -2.29. The molecule has 1 nitrogen and oxygen atoms in total. The van der Waals surface area contributed by atoms with Crippen molar-refractivity contribution < 1.29 is 0 Å². The van der Waals surface area contributed by atoms with E-state index in [4.69, 9.17) is 23.2 Å². The van der Waals surface area contributed by atoms with E-state index in [0.29, 0.717) is 21.3 Å². The van der Waals surface area contributed by atoms with Gasteiger partial charge in [0.05, 0.1) is 10.0 Å². The van der Waals surface area contributed by atoms with Gasteiger partial charge in [-0.05, 0) is 24.1 Å². The summed E-state index contributed by atoms with van der Waals surface area (Å²) in [6.07, 6.45) is 1.29. The van der Waals surface area contributed by atoms with Crippen LogP contribution < -0.4 is 5.32 Å². The van der Waals surface area contributed by atoms with E-state index in [1.807, 2.05) is 12.1 Å². The smallest absolute Gasteiger partial charge is 0.0595 e. The minimum absolute atomic E-state index is 0.554. The number of nitrogens with one attached hydrogen (secondary N) is 1. The molecule has 0 spiro atoms. The Kier molecular flexibility index (Phi) is 2.63. The summed E-state index contributed by atoms with van der Waals surface area (Å²) in [5, 5.41) is 6.19. The van der Waals surface area contributed by atoms with E-state index in [9.17, 15) is 0 Å². The summed E-state index contributed by atoms with van der Waals surface area (Å²) in [7, 11) is 0. The maximum absolute atomic E-state index is 6.03. The summed E-state index contributed by atoms with van der Waals surface area (Å²) in [6, 6.07) is 6.61. The fourth-order valence-corrected chi connectivity index (χ4v) is 4.30. The van der Waals surface area contributed by atoms with Crippen LogP contribution in [0.2, 0.25) is 10.0 Å². The second-order valence-corrected chi connectivity index (χ2v) is 6.36. The predicted octanol–water partition coefficient (Wildman–Crippen LogP) is 3.51. The molecule has 2 bridgehead atoms. The van der Waals surface area contributed by atoms with Crippen molar-refractivity contribution in [3.05, 3.63) is 33.8 Å². The normalized spacial score (nSPS) is 33.6. The van der Waals surface area contributed by atoms with Gasteiger partial charge in [0.2, 0.25) is 0 Å². The van der Waals surface area contributed by atoms with Crippen molar-refractivity contribution in [3.63, 3.8) is 0 Å². The number of benzene rings is 1. The van der Waals surface area contributed by atoms with Gasteiger partial charge in [0, 0.05) is 23.1 Å². The van der Waals surface area contributed by atoms with Gasteiger partial charge in [0.1, 0.15) is 0 Å². The van der Waals surface area contributed by atoms with Gasteiger partial charge in [-0.25, -0.2) is 0 Å². The second kappa shape index (κ2) is 3.85. The van der Waals surface area contributed by atoms with Crippen molar-refractivity contribution in [1.29, 1.82) is 0 Å². The molecular formula is C11H11Cl2NS. The van der Waals surface area contributed by atoms with Gasteiger partial charge < -0.3 is 5.32 Å². The van der Waals surface area contributed by atoms with Gasteiger partial charge in [-0.15, -0.1) is 11.8 Å². The lowest BCUT2D eigenvalue weighted by Gasteiger charge is -2.22. The highest BCUT2D eigenvalue weighted by Crippen LogP contribution is 2.48. The molecule has 80 valence electrons. The Hall–Kier alpha value is 0.110. The van der Waals surface area contributed by atoms with Crippen molar-refractivity contribution in [2.75, 3.05) is 6.54 Å². The SMILES string of the molecule is Clc1ccc(C2SC3CNC2C3)cc1Cl. The number of rotatable bonds is 1. The molecule has 2 saturated heterocycles. The van der Waals surface area contributed by atoms with Crippen LogP contribution in [0.1, 0.15) is 17.2 Å². The highest BCUT2D eigenvalue weighted by molar-refractivity contribution is 8.00. The van der Waals surface area contributed by atoms with E-state index >= 15 is 0 Å². The molecule has 0 aliphatic carbocycles. The van der Waals surface area contributed by atoms with E-state index in [-0.39, 0.29) is 0 Å². The van der Waals surface area contributed by atoms with E-state index in [2.05, 4.69) is 23.1 Å². The summed E-state index contributed by atoms with van der Waals surface area (Å²) in [5.74, 6) is 0. The zero-order valence-corrected chi connectivity index (χ0v) is 10.4. The predicted molar refractivity (Wildman–Crippen MR) is 67.0 cm³/mol. The van der Waals surface area contributed by atoms with E-state index in [0.717, 1.165) is 11.8 Å². The van der Waals surface area contributed by atoms with E-state index in [1.54, 1.807) is 0 Å². The van der Waals surface area contributed by atoms with Crippen molar-refractivity contribution in [2.45, 2.75) is 23.0 Å². The molecule has 1 aromatic rings. The molecule has 2 aliphatic heterocycles. The summed E-state index contributed by atoms with van der Waals surface area (Å²) in [5.41, 5.74) is 1.30. The second-order valence-electron chi connectivity index (χ2n) is 4.10. The van der Waals surface area contributed by atoms with Gasteiger partial charge in [-0.3, -0.25) is 0 Å². The molecule has 1 aromatic carbocycles. The zero-order valence-electron chi connectivity index (χ0n) is 8.04. The summed E-state index contributed by atoms with van der Waals surface area (Å²) in [4.78, 5) is 0. The lowest BCUT2D eigenvalue weighted by atomic mass is 10.0. The van der Waals surface area contributed by atoms with Gasteiger partial charge in [0.15, 0.2) is 0 Å². The van der Waals surface area contributed by atoms with Crippen molar-refractivity contribution in [2.24, 2.45) is 0 Å². The Morgan fingerprint density at radius 2 is 2.13 bits per heavy atom.